The highest BCUT2D eigenvalue weighted by Crippen LogP contribution is 2.31. The second-order valence-corrected chi connectivity index (χ2v) is 9.11. The Morgan fingerprint density at radius 3 is 2.24 bits per heavy atom. The van der Waals surface area contributed by atoms with E-state index in [1.807, 2.05) is 36.4 Å². The molecule has 2 amide bonds. The van der Waals surface area contributed by atoms with E-state index >= 15 is 0 Å². The summed E-state index contributed by atoms with van der Waals surface area (Å²) in [5.74, 6) is -0.317. The van der Waals surface area contributed by atoms with Crippen LogP contribution in [-0.2, 0) is 10.8 Å². The average Bonchev–Trinajstić information content (AvgIpc) is 2.87. The second-order valence-electron chi connectivity index (χ2n) is 7.44. The van der Waals surface area contributed by atoms with E-state index in [4.69, 9.17) is 0 Å². The number of rotatable bonds is 2. The Bertz CT molecular complexity index is 1120. The number of fused-ring (bicyclic) bond motifs is 2. The zero-order valence-corrected chi connectivity index (χ0v) is 16.5. The summed E-state index contributed by atoms with van der Waals surface area (Å²) in [5.41, 5.74) is 1.90. The first-order chi connectivity index (χ1) is 14.1. The molecule has 3 aromatic rings. The molecule has 0 saturated carbocycles. The Balaban J connectivity index is 1.45. The largest absolute Gasteiger partial charge is 0.313 e. The Labute approximate surface area is 171 Å². The van der Waals surface area contributed by atoms with Gasteiger partial charge in [-0.15, -0.1) is 0 Å². The van der Waals surface area contributed by atoms with Gasteiger partial charge in [0.05, 0.1) is 22.4 Å². The van der Waals surface area contributed by atoms with Crippen molar-refractivity contribution < 1.29 is 13.8 Å². The monoisotopic (exact) mass is 404 g/mol. The normalized spacial score (nSPS) is 24.6. The molecule has 1 N–H and O–H groups in total. The molecule has 0 radical (unpaired) electrons. The minimum Gasteiger partial charge on any atom is -0.313 e. The van der Waals surface area contributed by atoms with Gasteiger partial charge in [-0.2, -0.15) is 0 Å². The topological polar surface area (TPSA) is 66.5 Å². The predicted octanol–water partition coefficient (Wildman–Crippen LogP) is 2.90. The van der Waals surface area contributed by atoms with Crippen LogP contribution in [0.1, 0.15) is 31.5 Å². The number of nitrogens with one attached hydrogen (secondary N) is 1. The molecule has 3 atom stereocenters. The number of imide groups is 1. The summed E-state index contributed by atoms with van der Waals surface area (Å²) >= 11 is 0. The third-order valence-electron chi connectivity index (χ3n) is 5.74. The summed E-state index contributed by atoms with van der Waals surface area (Å²) < 4.78 is 13.3. The number of amides is 2. The van der Waals surface area contributed by atoms with E-state index in [1.54, 1.807) is 24.3 Å². The van der Waals surface area contributed by atoms with Crippen molar-refractivity contribution in [3.63, 3.8) is 0 Å². The lowest BCUT2D eigenvalue weighted by Gasteiger charge is -2.24. The molecule has 2 aliphatic rings. The van der Waals surface area contributed by atoms with E-state index < -0.39 is 16.8 Å². The van der Waals surface area contributed by atoms with Gasteiger partial charge in [0.1, 0.15) is 0 Å². The molecule has 1 fully saturated rings. The number of hydrogen-bond donors (Lipinski definition) is 1. The molecule has 3 unspecified atom stereocenters. The molecule has 0 spiro atoms. The van der Waals surface area contributed by atoms with Crippen LogP contribution >= 0.6 is 0 Å². The Kier molecular flexibility index (Phi) is 4.53. The number of hydrogen-bond acceptors (Lipinski definition) is 4. The summed E-state index contributed by atoms with van der Waals surface area (Å²) in [7, 11) is -1.23. The van der Waals surface area contributed by atoms with Gasteiger partial charge >= 0.3 is 0 Å². The minimum absolute atomic E-state index is 0.193. The van der Waals surface area contributed by atoms with Gasteiger partial charge in [-0.05, 0) is 28.5 Å². The average molecular weight is 404 g/mol. The van der Waals surface area contributed by atoms with Crippen LogP contribution in [0.25, 0.3) is 10.8 Å². The van der Waals surface area contributed by atoms with Crippen LogP contribution < -0.4 is 5.32 Å². The summed E-state index contributed by atoms with van der Waals surface area (Å²) in [6.45, 7) is 0.985. The highest BCUT2D eigenvalue weighted by atomic mass is 32.2. The van der Waals surface area contributed by atoms with Crippen molar-refractivity contribution in [1.29, 1.82) is 0 Å². The van der Waals surface area contributed by atoms with Crippen molar-refractivity contribution in [3.05, 3.63) is 83.4 Å². The van der Waals surface area contributed by atoms with Crippen molar-refractivity contribution in [1.82, 2.24) is 10.2 Å². The van der Waals surface area contributed by atoms with Gasteiger partial charge < -0.3 is 5.32 Å². The van der Waals surface area contributed by atoms with Crippen LogP contribution in [0.5, 0.6) is 0 Å². The fourth-order valence-corrected chi connectivity index (χ4v) is 6.00. The summed E-state index contributed by atoms with van der Waals surface area (Å²) in [6.07, 6.45) is 0. The van der Waals surface area contributed by atoms with Gasteiger partial charge in [-0.25, -0.2) is 0 Å². The quantitative estimate of drug-likeness (QED) is 0.667. The van der Waals surface area contributed by atoms with Crippen LogP contribution in [0.2, 0.25) is 0 Å². The molecule has 6 heteroatoms. The van der Waals surface area contributed by atoms with Gasteiger partial charge in [0, 0.05) is 29.6 Å². The molecular weight excluding hydrogens is 384 g/mol. The van der Waals surface area contributed by atoms with Crippen LogP contribution in [0.4, 0.5) is 0 Å². The first kappa shape index (κ1) is 18.2. The number of benzene rings is 3. The van der Waals surface area contributed by atoms with Gasteiger partial charge in [0.2, 0.25) is 0 Å². The lowest BCUT2D eigenvalue weighted by Crippen LogP contribution is -2.47. The number of carbonyl (C=O) groups excluding carboxylic acids is 2. The van der Waals surface area contributed by atoms with Crippen molar-refractivity contribution in [2.24, 2.45) is 0 Å². The molecule has 29 heavy (non-hydrogen) atoms. The van der Waals surface area contributed by atoms with E-state index in [9.17, 15) is 13.8 Å². The maximum absolute atomic E-state index is 13.3. The number of nitrogens with zero attached hydrogens (tertiary/aromatic N) is 1. The summed E-state index contributed by atoms with van der Waals surface area (Å²) in [5, 5.41) is 5.36. The van der Waals surface area contributed by atoms with E-state index in [0.717, 1.165) is 16.3 Å². The standard InChI is InChI=1S/C23H20N2O3S/c26-22-19-9-3-4-10-20(19)23(27)25(22)16-12-24-13-21(29(28)14-16)18-11-5-7-15-6-1-2-8-17(15)18/h1-11,16,21,24H,12-14H2. The fourth-order valence-electron chi connectivity index (χ4n) is 4.33. The molecule has 5 rings (SSSR count). The molecule has 2 aliphatic heterocycles. The lowest BCUT2D eigenvalue weighted by molar-refractivity contribution is 0.0600. The molecule has 0 bridgehead atoms. The van der Waals surface area contributed by atoms with Crippen LogP contribution in [0.3, 0.4) is 0 Å². The van der Waals surface area contributed by atoms with Crippen LogP contribution in [-0.4, -0.2) is 45.8 Å². The van der Waals surface area contributed by atoms with E-state index in [0.29, 0.717) is 24.2 Å². The zero-order chi connectivity index (χ0) is 20.0. The molecule has 5 nitrogen and oxygen atoms in total. The highest BCUT2D eigenvalue weighted by molar-refractivity contribution is 7.85. The zero-order valence-electron chi connectivity index (χ0n) is 15.7. The fraction of sp³-hybridized carbons (Fsp3) is 0.217. The lowest BCUT2D eigenvalue weighted by atomic mass is 10.0. The van der Waals surface area contributed by atoms with Crippen LogP contribution in [0, 0.1) is 0 Å². The molecular formula is C23H20N2O3S. The maximum Gasteiger partial charge on any atom is 0.261 e. The molecule has 1 saturated heterocycles. The van der Waals surface area contributed by atoms with Gasteiger partial charge in [-0.3, -0.25) is 18.7 Å². The van der Waals surface area contributed by atoms with Crippen molar-refractivity contribution in [2.45, 2.75) is 11.3 Å². The molecule has 3 aromatic carbocycles. The first-order valence-corrected chi connectivity index (χ1v) is 11.1. The SMILES string of the molecule is O=C1c2ccccc2C(=O)N1C1CNCC(c2cccc3ccccc23)S(=O)C1. The summed E-state index contributed by atoms with van der Waals surface area (Å²) in [6, 6.07) is 20.6. The van der Waals surface area contributed by atoms with Crippen molar-refractivity contribution in [2.75, 3.05) is 18.8 Å². The van der Waals surface area contributed by atoms with Crippen LogP contribution in [0.15, 0.2) is 66.7 Å². The molecule has 0 aliphatic carbocycles. The highest BCUT2D eigenvalue weighted by Gasteiger charge is 2.41. The molecule has 2 heterocycles. The third kappa shape index (κ3) is 2.99. The third-order valence-corrected chi connectivity index (χ3v) is 7.51. The minimum atomic E-state index is -1.23. The number of carbonyl (C=O) groups is 2. The van der Waals surface area contributed by atoms with Gasteiger partial charge in [0.15, 0.2) is 0 Å². The Morgan fingerprint density at radius 2 is 1.48 bits per heavy atom. The Morgan fingerprint density at radius 1 is 0.828 bits per heavy atom. The van der Waals surface area contributed by atoms with E-state index in [-0.39, 0.29) is 22.8 Å². The molecule has 146 valence electrons. The van der Waals surface area contributed by atoms with Gasteiger partial charge in [-0.1, -0.05) is 54.6 Å². The smallest absolute Gasteiger partial charge is 0.261 e. The van der Waals surface area contributed by atoms with Crippen molar-refractivity contribution >= 4 is 33.4 Å². The molecule has 0 aromatic heterocycles. The maximum atomic E-state index is 13.3. The Hall–Kier alpha value is -2.83. The second kappa shape index (κ2) is 7.21. The van der Waals surface area contributed by atoms with E-state index in [1.165, 1.54) is 4.90 Å². The first-order valence-electron chi connectivity index (χ1n) is 9.67. The predicted molar refractivity (Wildman–Crippen MR) is 113 cm³/mol. The summed E-state index contributed by atoms with van der Waals surface area (Å²) in [4.78, 5) is 27.0. The van der Waals surface area contributed by atoms with Crippen molar-refractivity contribution in [3.8, 4) is 0 Å². The van der Waals surface area contributed by atoms with Gasteiger partial charge in [0.25, 0.3) is 11.8 Å². The van der Waals surface area contributed by atoms with E-state index in [2.05, 4.69) is 11.4 Å².